The van der Waals surface area contributed by atoms with Gasteiger partial charge in [-0.15, -0.1) is 24.0 Å². The second kappa shape index (κ2) is 8.24. The van der Waals surface area contributed by atoms with Crippen LogP contribution in [0.4, 0.5) is 0 Å². The van der Waals surface area contributed by atoms with E-state index in [1.54, 1.807) is 6.20 Å². The lowest BCUT2D eigenvalue weighted by molar-refractivity contribution is 0.378. The van der Waals surface area contributed by atoms with E-state index in [2.05, 4.69) is 49.4 Å². The molecule has 1 aromatic carbocycles. The van der Waals surface area contributed by atoms with Crippen molar-refractivity contribution in [3.63, 3.8) is 0 Å². The maximum absolute atomic E-state index is 4.41. The highest BCUT2D eigenvalue weighted by Gasteiger charge is 2.18. The molecule has 2 heterocycles. The van der Waals surface area contributed by atoms with Crippen LogP contribution >= 0.6 is 24.0 Å². The van der Waals surface area contributed by atoms with E-state index in [0.29, 0.717) is 6.54 Å². The van der Waals surface area contributed by atoms with Crippen LogP contribution in [0.1, 0.15) is 22.6 Å². The van der Waals surface area contributed by atoms with E-state index < -0.39 is 0 Å². The van der Waals surface area contributed by atoms with E-state index in [1.165, 1.54) is 11.1 Å². The van der Waals surface area contributed by atoms with Crippen molar-refractivity contribution >= 4 is 29.9 Å². The fraction of sp³-hybridized carbons (Fsp3) is 0.353. The van der Waals surface area contributed by atoms with Gasteiger partial charge in [0.1, 0.15) is 5.82 Å². The molecule has 3 rings (SSSR count). The number of aromatic nitrogens is 2. The molecule has 0 aliphatic carbocycles. The van der Waals surface area contributed by atoms with Gasteiger partial charge in [0.05, 0.1) is 12.2 Å². The molecule has 6 heteroatoms. The number of rotatable bonds is 2. The molecule has 0 radical (unpaired) electrons. The highest BCUT2D eigenvalue weighted by Crippen LogP contribution is 2.18. The van der Waals surface area contributed by atoms with E-state index >= 15 is 0 Å². The molecule has 1 N–H and O–H groups in total. The Hall–Kier alpha value is -1.70. The third-order valence-corrected chi connectivity index (χ3v) is 3.90. The number of hydrogen-bond donors (Lipinski definition) is 1. The molecular weight excluding hydrogens is 401 g/mol. The summed E-state index contributed by atoms with van der Waals surface area (Å²) in [5.41, 5.74) is 3.81. The summed E-state index contributed by atoms with van der Waals surface area (Å²) in [6.45, 7) is 4.45. The summed E-state index contributed by atoms with van der Waals surface area (Å²) >= 11 is 0. The van der Waals surface area contributed by atoms with E-state index in [-0.39, 0.29) is 24.0 Å². The summed E-state index contributed by atoms with van der Waals surface area (Å²) in [5, 5.41) is 3.40. The number of fused-ring (bicyclic) bond motifs is 1. The second-order valence-corrected chi connectivity index (χ2v) is 5.44. The Morgan fingerprint density at radius 2 is 2.04 bits per heavy atom. The molecule has 0 amide bonds. The lowest BCUT2D eigenvalue weighted by Gasteiger charge is -2.31. The molecule has 0 saturated carbocycles. The summed E-state index contributed by atoms with van der Waals surface area (Å²) in [7, 11) is 1.83. The number of guanidine groups is 1. The zero-order valence-corrected chi connectivity index (χ0v) is 15.8. The van der Waals surface area contributed by atoms with Gasteiger partial charge in [0, 0.05) is 26.3 Å². The van der Waals surface area contributed by atoms with Gasteiger partial charge in [-0.2, -0.15) is 0 Å². The van der Waals surface area contributed by atoms with E-state index in [1.807, 2.05) is 20.0 Å². The fourth-order valence-electron chi connectivity index (χ4n) is 2.78. The summed E-state index contributed by atoms with van der Waals surface area (Å²) in [6, 6.07) is 10.6. The number of halogens is 1. The predicted octanol–water partition coefficient (Wildman–Crippen LogP) is 2.54. The zero-order chi connectivity index (χ0) is 15.4. The quantitative estimate of drug-likeness (QED) is 0.459. The number of aryl methyl sites for hydroxylation is 1. The molecule has 0 spiro atoms. The highest BCUT2D eigenvalue weighted by atomic mass is 127. The summed E-state index contributed by atoms with van der Waals surface area (Å²) < 4.78 is 0. The molecule has 0 bridgehead atoms. The smallest absolute Gasteiger partial charge is 0.194 e. The van der Waals surface area contributed by atoms with Gasteiger partial charge in [0.15, 0.2) is 5.96 Å². The van der Waals surface area contributed by atoms with Crippen LogP contribution in [0.5, 0.6) is 0 Å². The van der Waals surface area contributed by atoms with Crippen molar-refractivity contribution in [2.24, 2.45) is 4.99 Å². The number of benzene rings is 1. The lowest BCUT2D eigenvalue weighted by atomic mass is 10.0. The SMILES string of the molecule is CN=C(NCc1ccnc(C)n1)N1CCc2ccccc2C1.I. The van der Waals surface area contributed by atoms with Crippen LogP contribution in [0.25, 0.3) is 0 Å². The predicted molar refractivity (Wildman–Crippen MR) is 103 cm³/mol. The first-order valence-electron chi connectivity index (χ1n) is 7.57. The van der Waals surface area contributed by atoms with Gasteiger partial charge >= 0.3 is 0 Å². The lowest BCUT2D eigenvalue weighted by Crippen LogP contribution is -2.43. The van der Waals surface area contributed by atoms with Crippen molar-refractivity contribution < 1.29 is 0 Å². The largest absolute Gasteiger partial charge is 0.351 e. The maximum atomic E-state index is 4.41. The Balaban J connectivity index is 0.00000192. The molecule has 1 aromatic heterocycles. The second-order valence-electron chi connectivity index (χ2n) is 5.44. The van der Waals surface area contributed by atoms with Crippen LogP contribution < -0.4 is 5.32 Å². The molecule has 0 unspecified atom stereocenters. The molecule has 2 aromatic rings. The molecule has 122 valence electrons. The average molecular weight is 423 g/mol. The van der Waals surface area contributed by atoms with Crippen molar-refractivity contribution in [1.82, 2.24) is 20.2 Å². The highest BCUT2D eigenvalue weighted by molar-refractivity contribution is 14.0. The van der Waals surface area contributed by atoms with Crippen LogP contribution in [0, 0.1) is 6.92 Å². The van der Waals surface area contributed by atoms with Crippen LogP contribution in [0.2, 0.25) is 0 Å². The standard InChI is InChI=1S/C17H21N5.HI/c1-13-19-9-7-16(21-13)11-20-17(18-2)22-10-8-14-5-3-4-6-15(14)12-22;/h3-7,9H,8,10-12H2,1-2H3,(H,18,20);1H. The minimum atomic E-state index is 0. The minimum Gasteiger partial charge on any atom is -0.351 e. The first-order chi connectivity index (χ1) is 10.8. The van der Waals surface area contributed by atoms with Crippen molar-refractivity contribution in [1.29, 1.82) is 0 Å². The Morgan fingerprint density at radius 1 is 1.26 bits per heavy atom. The van der Waals surface area contributed by atoms with Gasteiger partial charge < -0.3 is 10.2 Å². The Labute approximate surface area is 154 Å². The van der Waals surface area contributed by atoms with Crippen molar-refractivity contribution in [2.45, 2.75) is 26.4 Å². The molecule has 0 atom stereocenters. The monoisotopic (exact) mass is 423 g/mol. The van der Waals surface area contributed by atoms with Gasteiger partial charge in [0.2, 0.25) is 0 Å². The van der Waals surface area contributed by atoms with Crippen LogP contribution in [-0.2, 0) is 19.5 Å². The molecule has 5 nitrogen and oxygen atoms in total. The minimum absolute atomic E-state index is 0. The van der Waals surface area contributed by atoms with E-state index in [9.17, 15) is 0 Å². The maximum Gasteiger partial charge on any atom is 0.194 e. The Bertz CT molecular complexity index is 686. The average Bonchev–Trinajstić information content (AvgIpc) is 2.55. The molecule has 1 aliphatic heterocycles. The van der Waals surface area contributed by atoms with Crippen LogP contribution in [0.15, 0.2) is 41.5 Å². The van der Waals surface area contributed by atoms with E-state index in [4.69, 9.17) is 0 Å². The third kappa shape index (κ3) is 4.40. The zero-order valence-electron chi connectivity index (χ0n) is 13.5. The van der Waals surface area contributed by atoms with Crippen LogP contribution in [-0.4, -0.2) is 34.4 Å². The number of hydrogen-bond acceptors (Lipinski definition) is 3. The summed E-state index contributed by atoms with van der Waals surface area (Å²) in [6.07, 6.45) is 2.85. The van der Waals surface area contributed by atoms with Crippen LogP contribution in [0.3, 0.4) is 0 Å². The summed E-state index contributed by atoms with van der Waals surface area (Å²) in [5.74, 6) is 1.71. The van der Waals surface area contributed by atoms with Gasteiger partial charge in [-0.3, -0.25) is 4.99 Å². The first kappa shape index (κ1) is 17.7. The van der Waals surface area contributed by atoms with Crippen molar-refractivity contribution in [3.8, 4) is 0 Å². The molecule has 1 aliphatic rings. The van der Waals surface area contributed by atoms with Gasteiger partial charge in [-0.25, -0.2) is 9.97 Å². The van der Waals surface area contributed by atoms with Crippen molar-refractivity contribution in [2.75, 3.05) is 13.6 Å². The number of aliphatic imine (C=N–C) groups is 1. The Morgan fingerprint density at radius 3 is 2.78 bits per heavy atom. The van der Waals surface area contributed by atoms with E-state index in [0.717, 1.165) is 37.0 Å². The van der Waals surface area contributed by atoms with Gasteiger partial charge in [0.25, 0.3) is 0 Å². The van der Waals surface area contributed by atoms with Gasteiger partial charge in [-0.05, 0) is 30.5 Å². The number of nitrogens with zero attached hydrogens (tertiary/aromatic N) is 4. The van der Waals surface area contributed by atoms with Gasteiger partial charge in [-0.1, -0.05) is 24.3 Å². The molecule has 0 fully saturated rings. The molecule has 0 saturated heterocycles. The normalized spacial score (nSPS) is 14.0. The fourth-order valence-corrected chi connectivity index (χ4v) is 2.78. The number of nitrogens with one attached hydrogen (secondary N) is 1. The first-order valence-corrected chi connectivity index (χ1v) is 7.57. The van der Waals surface area contributed by atoms with Crippen molar-refractivity contribution in [3.05, 3.63) is 59.2 Å². The topological polar surface area (TPSA) is 53.4 Å². The molecule has 23 heavy (non-hydrogen) atoms. The molecular formula is C17H22IN5. The summed E-state index contributed by atoms with van der Waals surface area (Å²) in [4.78, 5) is 15.2. The Kier molecular flexibility index (Phi) is 6.32. The third-order valence-electron chi connectivity index (χ3n) is 3.90.